The van der Waals surface area contributed by atoms with Crippen LogP contribution in [-0.4, -0.2) is 66.1 Å². The predicted molar refractivity (Wildman–Crippen MR) is 117 cm³/mol. The molecule has 11 nitrogen and oxygen atoms in total. The van der Waals surface area contributed by atoms with E-state index in [4.69, 9.17) is 4.98 Å². The topological polar surface area (TPSA) is 114 Å². The molecular formula is C20H24N10O. The molecule has 1 fully saturated rings. The summed E-state index contributed by atoms with van der Waals surface area (Å²) in [4.78, 5) is 24.5. The molecule has 0 atom stereocenters. The summed E-state index contributed by atoms with van der Waals surface area (Å²) in [7, 11) is 0. The smallest absolute Gasteiger partial charge is 0.263 e. The average Bonchev–Trinajstić information content (AvgIpc) is 3.42. The Morgan fingerprint density at radius 1 is 1.00 bits per heavy atom. The molecule has 11 heteroatoms. The van der Waals surface area contributed by atoms with E-state index in [-0.39, 0.29) is 11.1 Å². The zero-order valence-electron chi connectivity index (χ0n) is 17.7. The van der Waals surface area contributed by atoms with Crippen LogP contribution in [0.2, 0.25) is 0 Å². The first-order chi connectivity index (χ1) is 14.9. The fourth-order valence-corrected chi connectivity index (χ4v) is 3.78. The highest BCUT2D eigenvalue weighted by molar-refractivity contribution is 5.74. The number of nitrogens with zero attached hydrogens (tertiary/aromatic N) is 9. The fraction of sp³-hybridized carbons (Fsp3) is 0.400. The zero-order chi connectivity index (χ0) is 21.6. The van der Waals surface area contributed by atoms with Gasteiger partial charge in [0.1, 0.15) is 5.39 Å². The lowest BCUT2D eigenvalue weighted by molar-refractivity contribution is 0.366. The van der Waals surface area contributed by atoms with Crippen molar-refractivity contribution >= 4 is 22.9 Å². The summed E-state index contributed by atoms with van der Waals surface area (Å²) in [6.07, 6.45) is 1.58. The first-order valence-corrected chi connectivity index (χ1v) is 10.2. The largest absolute Gasteiger partial charge is 0.339 e. The molecule has 0 saturated carbocycles. The highest BCUT2D eigenvalue weighted by Gasteiger charge is 2.25. The van der Waals surface area contributed by atoms with Gasteiger partial charge < -0.3 is 9.80 Å². The standard InChI is InChI=1S/C20H24N10O/c1-20(2,3)30-16-15(13-21-30)17(31)23-18(22-16)27-9-11-28(12-10-27)19-24-25-26-29(19)14-7-5-4-6-8-14/h4-8,13H,9-12H2,1-3H3,(H,22,23,31). The number of hydrogen-bond donors (Lipinski definition) is 1. The van der Waals surface area contributed by atoms with Crippen molar-refractivity contribution in [3.05, 3.63) is 46.9 Å². The van der Waals surface area contributed by atoms with E-state index in [9.17, 15) is 4.79 Å². The van der Waals surface area contributed by atoms with Crippen LogP contribution in [0, 0.1) is 0 Å². The van der Waals surface area contributed by atoms with E-state index in [1.165, 1.54) is 0 Å². The Morgan fingerprint density at radius 2 is 1.71 bits per heavy atom. The van der Waals surface area contributed by atoms with Gasteiger partial charge in [-0.3, -0.25) is 9.78 Å². The Kier molecular flexibility index (Phi) is 4.45. The van der Waals surface area contributed by atoms with Gasteiger partial charge in [0.25, 0.3) is 5.56 Å². The molecule has 0 radical (unpaired) electrons. The summed E-state index contributed by atoms with van der Waals surface area (Å²) in [6.45, 7) is 8.88. The van der Waals surface area contributed by atoms with Crippen LogP contribution in [0.25, 0.3) is 16.7 Å². The molecule has 1 saturated heterocycles. The third kappa shape index (κ3) is 3.41. The monoisotopic (exact) mass is 420 g/mol. The van der Waals surface area contributed by atoms with Gasteiger partial charge in [0.15, 0.2) is 5.65 Å². The summed E-state index contributed by atoms with van der Waals surface area (Å²) < 4.78 is 3.54. The Morgan fingerprint density at radius 3 is 2.42 bits per heavy atom. The second-order valence-electron chi connectivity index (χ2n) is 8.55. The predicted octanol–water partition coefficient (Wildman–Crippen LogP) is 1.18. The van der Waals surface area contributed by atoms with Gasteiger partial charge in [-0.05, 0) is 43.3 Å². The van der Waals surface area contributed by atoms with E-state index < -0.39 is 0 Å². The minimum atomic E-state index is -0.271. The molecule has 0 aliphatic carbocycles. The number of para-hydroxylation sites is 1. The van der Waals surface area contributed by atoms with Gasteiger partial charge in [0, 0.05) is 26.2 Å². The highest BCUT2D eigenvalue weighted by Crippen LogP contribution is 2.22. The summed E-state index contributed by atoms with van der Waals surface area (Å²) in [5.41, 5.74) is 1.07. The van der Waals surface area contributed by atoms with Crippen molar-refractivity contribution in [1.82, 2.24) is 40.0 Å². The number of rotatable bonds is 3. The molecule has 1 aliphatic rings. The SMILES string of the molecule is CC(C)(C)n1ncc2c(=O)[nH]c(N3CCN(c4nnnn4-c4ccccc4)CC3)nc21. The van der Waals surface area contributed by atoms with Crippen molar-refractivity contribution in [3.63, 3.8) is 0 Å². The highest BCUT2D eigenvalue weighted by atomic mass is 16.1. The van der Waals surface area contributed by atoms with Gasteiger partial charge in [0.2, 0.25) is 11.9 Å². The molecule has 160 valence electrons. The Balaban J connectivity index is 1.39. The minimum absolute atomic E-state index is 0.175. The normalized spacial score (nSPS) is 15.1. The molecule has 5 rings (SSSR count). The number of H-pyrrole nitrogens is 1. The van der Waals surface area contributed by atoms with Gasteiger partial charge in [-0.1, -0.05) is 23.3 Å². The zero-order valence-corrected chi connectivity index (χ0v) is 17.7. The lowest BCUT2D eigenvalue weighted by Crippen LogP contribution is -2.48. The molecule has 0 amide bonds. The van der Waals surface area contributed by atoms with Crippen LogP contribution >= 0.6 is 0 Å². The molecule has 0 bridgehead atoms. The molecule has 0 spiro atoms. The minimum Gasteiger partial charge on any atom is -0.339 e. The number of nitrogens with one attached hydrogen (secondary N) is 1. The lowest BCUT2D eigenvalue weighted by atomic mass is 10.1. The summed E-state index contributed by atoms with van der Waals surface area (Å²) in [5, 5.41) is 17.1. The Bertz CT molecular complexity index is 1260. The van der Waals surface area contributed by atoms with Gasteiger partial charge in [-0.15, -0.1) is 0 Å². The maximum absolute atomic E-state index is 12.6. The van der Waals surface area contributed by atoms with E-state index in [1.54, 1.807) is 15.6 Å². The summed E-state index contributed by atoms with van der Waals surface area (Å²) in [6, 6.07) is 9.82. The molecule has 0 unspecified atom stereocenters. The van der Waals surface area contributed by atoms with Crippen LogP contribution in [0.1, 0.15) is 20.8 Å². The number of tetrazole rings is 1. The average molecular weight is 420 g/mol. The maximum atomic E-state index is 12.6. The van der Waals surface area contributed by atoms with Crippen LogP contribution in [-0.2, 0) is 5.54 Å². The van der Waals surface area contributed by atoms with Crippen molar-refractivity contribution in [2.45, 2.75) is 26.3 Å². The van der Waals surface area contributed by atoms with E-state index >= 15 is 0 Å². The Labute approximate surface area is 178 Å². The van der Waals surface area contributed by atoms with Crippen molar-refractivity contribution < 1.29 is 0 Å². The van der Waals surface area contributed by atoms with Gasteiger partial charge in [-0.2, -0.15) is 14.8 Å². The lowest BCUT2D eigenvalue weighted by Gasteiger charge is -2.35. The molecule has 1 aliphatic heterocycles. The molecule has 4 aromatic rings. The number of benzene rings is 1. The van der Waals surface area contributed by atoms with Crippen molar-refractivity contribution in [2.24, 2.45) is 0 Å². The van der Waals surface area contributed by atoms with Gasteiger partial charge >= 0.3 is 0 Å². The number of piperazine rings is 1. The molecule has 3 aromatic heterocycles. The van der Waals surface area contributed by atoms with Crippen LogP contribution in [0.4, 0.5) is 11.9 Å². The van der Waals surface area contributed by atoms with Crippen LogP contribution in [0.15, 0.2) is 41.3 Å². The molecular weight excluding hydrogens is 396 g/mol. The van der Waals surface area contributed by atoms with E-state index in [2.05, 4.69) is 35.4 Å². The van der Waals surface area contributed by atoms with E-state index in [0.29, 0.717) is 49.1 Å². The molecule has 31 heavy (non-hydrogen) atoms. The fourth-order valence-electron chi connectivity index (χ4n) is 3.78. The van der Waals surface area contributed by atoms with Gasteiger partial charge in [-0.25, -0.2) is 4.68 Å². The van der Waals surface area contributed by atoms with E-state index in [1.807, 2.05) is 51.1 Å². The molecule has 4 heterocycles. The molecule has 1 aromatic carbocycles. The number of hydrogen-bond acceptors (Lipinski definition) is 8. The maximum Gasteiger partial charge on any atom is 0.263 e. The first-order valence-electron chi connectivity index (χ1n) is 10.2. The van der Waals surface area contributed by atoms with Crippen molar-refractivity contribution in [1.29, 1.82) is 0 Å². The second kappa shape index (κ2) is 7.18. The van der Waals surface area contributed by atoms with E-state index in [0.717, 1.165) is 5.69 Å². The van der Waals surface area contributed by atoms with Gasteiger partial charge in [0.05, 0.1) is 17.4 Å². The first kappa shape index (κ1) is 19.2. The quantitative estimate of drug-likeness (QED) is 0.526. The Hall–Kier alpha value is -3.76. The third-order valence-electron chi connectivity index (χ3n) is 5.38. The van der Waals surface area contributed by atoms with Crippen LogP contribution < -0.4 is 15.4 Å². The number of fused-ring (bicyclic) bond motifs is 1. The molecule has 1 N–H and O–H groups in total. The van der Waals surface area contributed by atoms with Crippen molar-refractivity contribution in [3.8, 4) is 5.69 Å². The summed E-state index contributed by atoms with van der Waals surface area (Å²) in [5.74, 6) is 1.26. The van der Waals surface area contributed by atoms with Crippen LogP contribution in [0.5, 0.6) is 0 Å². The summed E-state index contributed by atoms with van der Waals surface area (Å²) >= 11 is 0. The number of anilines is 2. The van der Waals surface area contributed by atoms with Crippen LogP contribution in [0.3, 0.4) is 0 Å². The number of aromatic nitrogens is 8. The van der Waals surface area contributed by atoms with Crippen molar-refractivity contribution in [2.75, 3.05) is 36.0 Å². The number of aromatic amines is 1. The third-order valence-corrected chi connectivity index (χ3v) is 5.38. The second-order valence-corrected chi connectivity index (χ2v) is 8.55.